The molecule has 3 rings (SSSR count). The highest BCUT2D eigenvalue weighted by atomic mass is 35.5. The fraction of sp³-hybridized carbons (Fsp3) is 0.333. The lowest BCUT2D eigenvalue weighted by Crippen LogP contribution is -2.29. The summed E-state index contributed by atoms with van der Waals surface area (Å²) in [4.78, 5) is 26.8. The molecule has 7 heteroatoms. The van der Waals surface area contributed by atoms with Crippen molar-refractivity contribution in [3.63, 3.8) is 0 Å². The molecule has 5 nitrogen and oxygen atoms in total. The molecule has 0 spiro atoms. The minimum atomic E-state index is -0.280. The molecule has 1 fully saturated rings. The van der Waals surface area contributed by atoms with Crippen LogP contribution in [0.15, 0.2) is 47.4 Å². The monoisotopic (exact) mass is 459 g/mol. The fourth-order valence-corrected chi connectivity index (χ4v) is 4.28. The van der Waals surface area contributed by atoms with E-state index in [2.05, 4.69) is 0 Å². The number of methoxy groups -OCH3 is 1. The summed E-state index contributed by atoms with van der Waals surface area (Å²) in [7, 11) is 1.54. The van der Waals surface area contributed by atoms with Crippen LogP contribution in [-0.2, 0) is 11.2 Å². The summed E-state index contributed by atoms with van der Waals surface area (Å²) < 4.78 is 11.3. The second-order valence-electron chi connectivity index (χ2n) is 7.29. The van der Waals surface area contributed by atoms with E-state index in [0.717, 1.165) is 31.0 Å². The number of halogens is 1. The lowest BCUT2D eigenvalue weighted by Gasteiger charge is -2.17. The number of amides is 2. The van der Waals surface area contributed by atoms with Gasteiger partial charge >= 0.3 is 0 Å². The van der Waals surface area contributed by atoms with E-state index in [1.54, 1.807) is 25.3 Å². The molecule has 1 saturated heterocycles. The largest absolute Gasteiger partial charge is 0.493 e. The number of carbonyl (C=O) groups is 2. The normalized spacial score (nSPS) is 16.1. The van der Waals surface area contributed by atoms with Crippen LogP contribution in [0.2, 0.25) is 5.02 Å². The van der Waals surface area contributed by atoms with E-state index in [1.165, 1.54) is 10.5 Å². The van der Waals surface area contributed by atoms with Crippen LogP contribution in [0.1, 0.15) is 37.8 Å². The quantitative estimate of drug-likeness (QED) is 0.418. The molecule has 31 heavy (non-hydrogen) atoms. The van der Waals surface area contributed by atoms with Gasteiger partial charge in [-0.3, -0.25) is 14.5 Å². The van der Waals surface area contributed by atoms with Gasteiger partial charge in [-0.25, -0.2) is 0 Å². The third-order valence-electron chi connectivity index (χ3n) is 5.01. The number of rotatable bonds is 9. The molecular weight excluding hydrogens is 434 g/mol. The van der Waals surface area contributed by atoms with Crippen molar-refractivity contribution in [1.29, 1.82) is 0 Å². The predicted octanol–water partition coefficient (Wildman–Crippen LogP) is 6.20. The Morgan fingerprint density at radius 1 is 1.19 bits per heavy atom. The van der Waals surface area contributed by atoms with E-state index in [4.69, 9.17) is 21.1 Å². The van der Waals surface area contributed by atoms with Gasteiger partial charge in [0.05, 0.1) is 23.1 Å². The fourth-order valence-electron chi connectivity index (χ4n) is 3.15. The Kier molecular flexibility index (Phi) is 8.04. The summed E-state index contributed by atoms with van der Waals surface area (Å²) in [5, 5.41) is 0.145. The second-order valence-corrected chi connectivity index (χ2v) is 8.69. The van der Waals surface area contributed by atoms with Crippen molar-refractivity contribution in [3.8, 4) is 11.5 Å². The highest BCUT2D eigenvalue weighted by Crippen LogP contribution is 2.39. The first-order valence-corrected chi connectivity index (χ1v) is 11.5. The standard InChI is InChI=1S/C24H26ClNO4S/c1-4-16(2)30-22-19(25)13-18(14-20(22)29-3)15-21-23(27)26(24(28)31-21)12-8-11-17-9-6-5-7-10-17/h5-7,9-10,13-16H,4,8,11-12H2,1-3H3/b21-15+/t16-/m0/s1. The summed E-state index contributed by atoms with van der Waals surface area (Å²) in [5.74, 6) is 0.684. The lowest BCUT2D eigenvalue weighted by molar-refractivity contribution is -0.122. The maximum absolute atomic E-state index is 12.8. The predicted molar refractivity (Wildman–Crippen MR) is 126 cm³/mol. The Balaban J connectivity index is 1.72. The Morgan fingerprint density at radius 2 is 1.94 bits per heavy atom. The van der Waals surface area contributed by atoms with Crippen molar-refractivity contribution in [2.75, 3.05) is 13.7 Å². The molecule has 2 amide bonds. The Labute approximate surface area is 192 Å². The van der Waals surface area contributed by atoms with Crippen molar-refractivity contribution in [1.82, 2.24) is 4.90 Å². The minimum Gasteiger partial charge on any atom is -0.493 e. The molecule has 1 aliphatic heterocycles. The van der Waals surface area contributed by atoms with Crippen LogP contribution in [0.3, 0.4) is 0 Å². The Hall–Kier alpha value is -2.44. The van der Waals surface area contributed by atoms with Gasteiger partial charge in [0.1, 0.15) is 0 Å². The number of benzene rings is 2. The number of ether oxygens (including phenoxy) is 2. The van der Waals surface area contributed by atoms with Crippen molar-refractivity contribution in [3.05, 3.63) is 63.5 Å². The SMILES string of the molecule is CC[C@H](C)Oc1c(Cl)cc(/C=C2/SC(=O)N(CCCc3ccccc3)C2=O)cc1OC. The molecule has 0 unspecified atom stereocenters. The number of thioether (sulfide) groups is 1. The number of hydrogen-bond donors (Lipinski definition) is 0. The van der Waals surface area contributed by atoms with Crippen molar-refractivity contribution in [2.45, 2.75) is 39.2 Å². The Bertz CT molecular complexity index is 977. The first-order valence-electron chi connectivity index (χ1n) is 10.3. The summed E-state index contributed by atoms with van der Waals surface area (Å²) in [6.07, 6.45) is 4.02. The minimum absolute atomic E-state index is 0.00960. The van der Waals surface area contributed by atoms with Gasteiger partial charge in [-0.2, -0.15) is 0 Å². The molecule has 0 aromatic heterocycles. The van der Waals surface area contributed by atoms with E-state index in [-0.39, 0.29) is 17.3 Å². The van der Waals surface area contributed by atoms with E-state index >= 15 is 0 Å². The molecule has 0 bridgehead atoms. The van der Waals surface area contributed by atoms with Crippen molar-refractivity contribution < 1.29 is 19.1 Å². The summed E-state index contributed by atoms with van der Waals surface area (Å²) in [6.45, 7) is 4.37. The molecule has 2 aromatic carbocycles. The van der Waals surface area contributed by atoms with Crippen LogP contribution in [0.5, 0.6) is 11.5 Å². The van der Waals surface area contributed by atoms with Crippen LogP contribution in [-0.4, -0.2) is 35.8 Å². The Morgan fingerprint density at radius 3 is 2.61 bits per heavy atom. The summed E-state index contributed by atoms with van der Waals surface area (Å²) in [6, 6.07) is 13.5. The number of imide groups is 1. The van der Waals surface area contributed by atoms with Gasteiger partial charge in [-0.05, 0) is 67.3 Å². The molecule has 1 heterocycles. The van der Waals surface area contributed by atoms with Gasteiger partial charge < -0.3 is 9.47 Å². The molecule has 0 saturated carbocycles. The number of hydrogen-bond acceptors (Lipinski definition) is 5. The summed E-state index contributed by atoms with van der Waals surface area (Å²) >= 11 is 7.36. The van der Waals surface area contributed by atoms with E-state index < -0.39 is 0 Å². The molecule has 0 aliphatic carbocycles. The highest BCUT2D eigenvalue weighted by Gasteiger charge is 2.34. The third kappa shape index (κ3) is 5.83. The van der Waals surface area contributed by atoms with Gasteiger partial charge in [-0.1, -0.05) is 48.9 Å². The van der Waals surface area contributed by atoms with E-state index in [9.17, 15) is 9.59 Å². The first kappa shape index (κ1) is 23.2. The van der Waals surface area contributed by atoms with Crippen LogP contribution >= 0.6 is 23.4 Å². The molecule has 1 aliphatic rings. The average Bonchev–Trinajstić information content (AvgIpc) is 3.03. The first-order chi connectivity index (χ1) is 14.9. The maximum Gasteiger partial charge on any atom is 0.293 e. The lowest BCUT2D eigenvalue weighted by atomic mass is 10.1. The van der Waals surface area contributed by atoms with E-state index in [0.29, 0.717) is 33.5 Å². The highest BCUT2D eigenvalue weighted by molar-refractivity contribution is 8.18. The van der Waals surface area contributed by atoms with Gasteiger partial charge in [0.25, 0.3) is 11.1 Å². The molecule has 164 valence electrons. The topological polar surface area (TPSA) is 55.8 Å². The number of nitrogens with zero attached hydrogens (tertiary/aromatic N) is 1. The van der Waals surface area contributed by atoms with Gasteiger partial charge in [0, 0.05) is 6.54 Å². The molecular formula is C24H26ClNO4S. The third-order valence-corrected chi connectivity index (χ3v) is 6.20. The molecule has 2 aromatic rings. The van der Waals surface area contributed by atoms with E-state index in [1.807, 2.05) is 44.2 Å². The van der Waals surface area contributed by atoms with Crippen LogP contribution in [0, 0.1) is 0 Å². The van der Waals surface area contributed by atoms with Crippen molar-refractivity contribution >= 4 is 40.6 Å². The number of carbonyl (C=O) groups excluding carboxylic acids is 2. The molecule has 0 radical (unpaired) electrons. The van der Waals surface area contributed by atoms with Crippen LogP contribution < -0.4 is 9.47 Å². The van der Waals surface area contributed by atoms with Crippen LogP contribution in [0.25, 0.3) is 6.08 Å². The zero-order valence-corrected chi connectivity index (χ0v) is 19.5. The van der Waals surface area contributed by atoms with Crippen LogP contribution in [0.4, 0.5) is 4.79 Å². The maximum atomic E-state index is 12.8. The smallest absolute Gasteiger partial charge is 0.293 e. The van der Waals surface area contributed by atoms with Gasteiger partial charge in [0.15, 0.2) is 11.5 Å². The van der Waals surface area contributed by atoms with Gasteiger partial charge in [-0.15, -0.1) is 0 Å². The zero-order valence-electron chi connectivity index (χ0n) is 17.9. The molecule has 0 N–H and O–H groups in total. The zero-order chi connectivity index (χ0) is 22.4. The summed E-state index contributed by atoms with van der Waals surface area (Å²) in [5.41, 5.74) is 1.86. The second kappa shape index (κ2) is 10.7. The average molecular weight is 460 g/mol. The number of aryl methyl sites for hydroxylation is 1. The van der Waals surface area contributed by atoms with Gasteiger partial charge in [0.2, 0.25) is 0 Å². The molecule has 1 atom stereocenters. The van der Waals surface area contributed by atoms with Crippen molar-refractivity contribution in [2.24, 2.45) is 0 Å².